The molecule has 0 N–H and O–H groups in total. The minimum atomic E-state index is -1.02. The van der Waals surface area contributed by atoms with E-state index in [4.69, 9.17) is 9.57 Å². The van der Waals surface area contributed by atoms with E-state index in [9.17, 15) is 4.79 Å². The van der Waals surface area contributed by atoms with Gasteiger partial charge in [0.15, 0.2) is 6.21 Å². The summed E-state index contributed by atoms with van der Waals surface area (Å²) in [4.78, 5) is 18.4. The third-order valence-electron chi connectivity index (χ3n) is 4.84. The summed E-state index contributed by atoms with van der Waals surface area (Å²) >= 11 is 3.41. The summed E-state index contributed by atoms with van der Waals surface area (Å²) in [5.74, 6) is -0.558. The number of esters is 1. The van der Waals surface area contributed by atoms with Crippen LogP contribution in [-0.2, 0) is 20.0 Å². The molecule has 3 rings (SSSR count). The van der Waals surface area contributed by atoms with Crippen molar-refractivity contribution in [3.05, 3.63) is 108 Å². The van der Waals surface area contributed by atoms with Gasteiger partial charge in [0, 0.05) is 21.5 Å². The summed E-state index contributed by atoms with van der Waals surface area (Å²) in [7, 11) is 0. The van der Waals surface area contributed by atoms with E-state index in [1.54, 1.807) is 0 Å². The number of benzene rings is 3. The van der Waals surface area contributed by atoms with Gasteiger partial charge in [-0.2, -0.15) is 0 Å². The van der Waals surface area contributed by atoms with Crippen LogP contribution in [0.5, 0.6) is 0 Å². The van der Waals surface area contributed by atoms with Crippen molar-refractivity contribution >= 4 is 28.1 Å². The third-order valence-corrected chi connectivity index (χ3v) is 5.58. The minimum Gasteiger partial charge on any atom is -0.457 e. The molecule has 0 spiro atoms. The van der Waals surface area contributed by atoms with Gasteiger partial charge in [-0.3, -0.25) is 0 Å². The number of oxime groups is 1. The van der Waals surface area contributed by atoms with E-state index < -0.39 is 11.6 Å². The second-order valence-corrected chi connectivity index (χ2v) is 8.37. The molecule has 5 heteroatoms. The van der Waals surface area contributed by atoms with Gasteiger partial charge in [0.2, 0.25) is 5.60 Å². The lowest BCUT2D eigenvalue weighted by atomic mass is 9.80. The molecule has 3 aromatic rings. The summed E-state index contributed by atoms with van der Waals surface area (Å²) in [5.41, 5.74) is 1.68. The number of carbonyl (C=O) groups is 1. The Kier molecular flexibility index (Phi) is 7.41. The Balaban J connectivity index is 2.04. The first-order valence-electron chi connectivity index (χ1n) is 9.77. The zero-order chi connectivity index (χ0) is 21.4. The fourth-order valence-corrected chi connectivity index (χ4v) is 3.24. The van der Waals surface area contributed by atoms with Gasteiger partial charge in [-0.25, -0.2) is 4.79 Å². The smallest absolute Gasteiger partial charge is 0.353 e. The quantitative estimate of drug-likeness (QED) is 0.141. The highest BCUT2D eigenvalue weighted by molar-refractivity contribution is 9.09. The van der Waals surface area contributed by atoms with Gasteiger partial charge in [0.05, 0.1) is 0 Å². The number of ether oxygens (including phenoxy) is 1. The van der Waals surface area contributed by atoms with E-state index in [0.717, 1.165) is 22.9 Å². The van der Waals surface area contributed by atoms with Crippen molar-refractivity contribution < 1.29 is 14.4 Å². The predicted molar refractivity (Wildman–Crippen MR) is 123 cm³/mol. The van der Waals surface area contributed by atoms with Crippen LogP contribution in [0.4, 0.5) is 0 Å². The molecule has 0 aromatic heterocycles. The van der Waals surface area contributed by atoms with Gasteiger partial charge in [0.1, 0.15) is 6.10 Å². The maximum Gasteiger partial charge on any atom is 0.353 e. The standard InChI is InChI=1S/C25H24BrNO3/c1-19(26)20(2)29-24(28)18-27-30-25(21-12-6-3-7-13-21,22-14-8-4-9-15-22)23-16-10-5-11-17-23/h3-20H,1-2H3/b27-18+/t19-,20-/m1/s1. The molecule has 154 valence electrons. The number of carbonyl (C=O) groups excluding carboxylic acids is 1. The highest BCUT2D eigenvalue weighted by Gasteiger charge is 2.39. The van der Waals surface area contributed by atoms with Crippen molar-refractivity contribution in [2.24, 2.45) is 5.16 Å². The van der Waals surface area contributed by atoms with Crippen LogP contribution in [0, 0.1) is 0 Å². The molecule has 0 aliphatic rings. The first-order chi connectivity index (χ1) is 14.5. The lowest BCUT2D eigenvalue weighted by Gasteiger charge is -2.33. The van der Waals surface area contributed by atoms with Crippen LogP contribution in [0.1, 0.15) is 30.5 Å². The summed E-state index contributed by atoms with van der Waals surface area (Å²) in [6, 6.07) is 29.5. The van der Waals surface area contributed by atoms with Crippen LogP contribution in [0.2, 0.25) is 0 Å². The highest BCUT2D eigenvalue weighted by Crippen LogP contribution is 2.40. The largest absolute Gasteiger partial charge is 0.457 e. The molecule has 30 heavy (non-hydrogen) atoms. The molecule has 4 nitrogen and oxygen atoms in total. The number of alkyl halides is 1. The lowest BCUT2D eigenvalue weighted by Crippen LogP contribution is -2.31. The van der Waals surface area contributed by atoms with Gasteiger partial charge in [-0.05, 0) is 13.8 Å². The molecule has 0 aliphatic heterocycles. The minimum absolute atomic E-state index is 0.0350. The molecule has 0 saturated heterocycles. The van der Waals surface area contributed by atoms with Crippen molar-refractivity contribution in [1.29, 1.82) is 0 Å². The van der Waals surface area contributed by atoms with E-state index >= 15 is 0 Å². The van der Waals surface area contributed by atoms with E-state index in [1.807, 2.05) is 105 Å². The van der Waals surface area contributed by atoms with Crippen LogP contribution in [0.3, 0.4) is 0 Å². The van der Waals surface area contributed by atoms with Crippen molar-refractivity contribution in [2.75, 3.05) is 0 Å². The van der Waals surface area contributed by atoms with Gasteiger partial charge >= 0.3 is 5.97 Å². The summed E-state index contributed by atoms with van der Waals surface area (Å²) in [6.45, 7) is 3.73. The number of hydrogen-bond acceptors (Lipinski definition) is 4. The molecule has 0 unspecified atom stereocenters. The van der Waals surface area contributed by atoms with Crippen molar-refractivity contribution in [3.8, 4) is 0 Å². The van der Waals surface area contributed by atoms with Gasteiger partial charge in [0.25, 0.3) is 0 Å². The predicted octanol–water partition coefficient (Wildman–Crippen LogP) is 5.70. The van der Waals surface area contributed by atoms with Crippen molar-refractivity contribution in [1.82, 2.24) is 0 Å². The summed E-state index contributed by atoms with van der Waals surface area (Å²) < 4.78 is 5.33. The molecule has 0 bridgehead atoms. The Hall–Kier alpha value is -2.92. The fourth-order valence-electron chi connectivity index (χ4n) is 3.13. The van der Waals surface area contributed by atoms with Crippen molar-refractivity contribution in [2.45, 2.75) is 30.4 Å². The normalized spacial score (nSPS) is 13.6. The highest BCUT2D eigenvalue weighted by atomic mass is 79.9. The monoisotopic (exact) mass is 465 g/mol. The average Bonchev–Trinajstić information content (AvgIpc) is 2.78. The van der Waals surface area contributed by atoms with Gasteiger partial charge in [-0.1, -0.05) is 112 Å². The summed E-state index contributed by atoms with van der Waals surface area (Å²) in [5, 5.41) is 4.07. The zero-order valence-electron chi connectivity index (χ0n) is 16.9. The maximum absolute atomic E-state index is 12.2. The van der Waals surface area contributed by atoms with Gasteiger partial charge in [-0.15, -0.1) is 0 Å². The first-order valence-corrected chi connectivity index (χ1v) is 10.7. The van der Waals surface area contributed by atoms with Crippen LogP contribution in [0.15, 0.2) is 96.2 Å². The third kappa shape index (κ3) is 4.97. The Labute approximate surface area is 185 Å². The zero-order valence-corrected chi connectivity index (χ0v) is 18.5. The molecule has 0 aliphatic carbocycles. The van der Waals surface area contributed by atoms with Crippen LogP contribution in [-0.4, -0.2) is 23.1 Å². The van der Waals surface area contributed by atoms with Gasteiger partial charge < -0.3 is 9.57 Å². The van der Waals surface area contributed by atoms with Crippen LogP contribution < -0.4 is 0 Å². The Bertz CT molecular complexity index is 863. The molecule has 3 aromatic carbocycles. The molecule has 0 heterocycles. The van der Waals surface area contributed by atoms with E-state index in [0.29, 0.717) is 0 Å². The second-order valence-electron chi connectivity index (χ2n) is 6.92. The SMILES string of the molecule is C[C@@H](Br)[C@@H](C)OC(=O)/C=N/OC(c1ccccc1)(c1ccccc1)c1ccccc1. The number of nitrogens with zero attached hydrogens (tertiary/aromatic N) is 1. The molecule has 0 saturated carbocycles. The van der Waals surface area contributed by atoms with Crippen molar-refractivity contribution in [3.63, 3.8) is 0 Å². The van der Waals surface area contributed by atoms with E-state index in [1.165, 1.54) is 0 Å². The topological polar surface area (TPSA) is 47.9 Å². The molecule has 0 amide bonds. The number of rotatable bonds is 8. The lowest BCUT2D eigenvalue weighted by molar-refractivity contribution is -0.139. The molecule has 0 radical (unpaired) electrons. The Morgan fingerprint density at radius 2 is 1.23 bits per heavy atom. The average molecular weight is 466 g/mol. The first kappa shape index (κ1) is 21.8. The van der Waals surface area contributed by atoms with E-state index in [2.05, 4.69) is 21.1 Å². The maximum atomic E-state index is 12.2. The molecular formula is C25H24BrNO3. The molecular weight excluding hydrogens is 442 g/mol. The number of halogens is 1. The summed E-state index contributed by atoms with van der Waals surface area (Å²) in [6.07, 6.45) is 0.793. The van der Waals surface area contributed by atoms with Crippen LogP contribution >= 0.6 is 15.9 Å². The van der Waals surface area contributed by atoms with E-state index in [-0.39, 0.29) is 10.9 Å². The van der Waals surface area contributed by atoms with Crippen LogP contribution in [0.25, 0.3) is 0 Å². The number of hydrogen-bond donors (Lipinski definition) is 0. The Morgan fingerprint density at radius 1 is 0.833 bits per heavy atom. The molecule has 2 atom stereocenters. The fraction of sp³-hybridized carbons (Fsp3) is 0.200. The Morgan fingerprint density at radius 3 is 1.60 bits per heavy atom. The second kappa shape index (κ2) is 10.2. The molecule has 0 fully saturated rings.